The van der Waals surface area contributed by atoms with Crippen molar-refractivity contribution in [1.29, 1.82) is 0 Å². The number of hydrogen-bond acceptors (Lipinski definition) is 4. The Balaban J connectivity index is 1.71. The molecule has 0 atom stereocenters. The van der Waals surface area contributed by atoms with E-state index in [9.17, 15) is 9.59 Å². The summed E-state index contributed by atoms with van der Waals surface area (Å²) in [5, 5.41) is 2.69. The molecule has 1 amide bonds. The molecule has 2 rings (SSSR count). The number of amides is 1. The zero-order valence-corrected chi connectivity index (χ0v) is 13.4. The van der Waals surface area contributed by atoms with Gasteiger partial charge in [-0.15, -0.1) is 0 Å². The maximum Gasteiger partial charge on any atom is 0.331 e. The van der Waals surface area contributed by atoms with Crippen molar-refractivity contribution in [3.05, 3.63) is 71.8 Å². The Kier molecular flexibility index (Phi) is 6.58. The summed E-state index contributed by atoms with van der Waals surface area (Å²) < 4.78 is 9.95. The van der Waals surface area contributed by atoms with E-state index >= 15 is 0 Å². The Labute approximate surface area is 140 Å². The lowest BCUT2D eigenvalue weighted by molar-refractivity contribution is -0.143. The molecular weight excluding hydrogens is 306 g/mol. The average molecular weight is 325 g/mol. The molecule has 2 aromatic carbocycles. The molecule has 5 nitrogen and oxygen atoms in total. The van der Waals surface area contributed by atoms with Gasteiger partial charge in [-0.3, -0.25) is 4.79 Å². The van der Waals surface area contributed by atoms with E-state index in [0.29, 0.717) is 6.54 Å². The number of carbonyl (C=O) groups excluding carboxylic acids is 2. The maximum atomic E-state index is 11.6. The van der Waals surface area contributed by atoms with Crippen LogP contribution in [0.1, 0.15) is 11.1 Å². The van der Waals surface area contributed by atoms with Crippen LogP contribution in [0.15, 0.2) is 60.7 Å². The Morgan fingerprint density at radius 1 is 1.04 bits per heavy atom. The molecule has 0 aliphatic rings. The van der Waals surface area contributed by atoms with Crippen LogP contribution in [-0.2, 0) is 20.9 Å². The van der Waals surface area contributed by atoms with Gasteiger partial charge >= 0.3 is 5.97 Å². The molecule has 24 heavy (non-hydrogen) atoms. The quantitative estimate of drug-likeness (QED) is 0.628. The van der Waals surface area contributed by atoms with Gasteiger partial charge in [-0.05, 0) is 29.3 Å². The van der Waals surface area contributed by atoms with Crippen LogP contribution < -0.4 is 10.1 Å². The second-order valence-electron chi connectivity index (χ2n) is 4.98. The summed E-state index contributed by atoms with van der Waals surface area (Å²) in [4.78, 5) is 23.2. The number of methoxy groups -OCH3 is 1. The van der Waals surface area contributed by atoms with Crippen LogP contribution in [0, 0.1) is 0 Å². The molecular formula is C19H19NO4. The van der Waals surface area contributed by atoms with Crippen LogP contribution >= 0.6 is 0 Å². The molecule has 2 aromatic rings. The van der Waals surface area contributed by atoms with Gasteiger partial charge in [0.1, 0.15) is 5.75 Å². The number of ether oxygens (including phenoxy) is 2. The van der Waals surface area contributed by atoms with E-state index in [1.807, 2.05) is 42.5 Å². The van der Waals surface area contributed by atoms with Crippen molar-refractivity contribution in [2.45, 2.75) is 6.54 Å². The summed E-state index contributed by atoms with van der Waals surface area (Å²) in [5.41, 5.74) is 1.82. The van der Waals surface area contributed by atoms with Gasteiger partial charge in [-0.25, -0.2) is 4.79 Å². The monoisotopic (exact) mass is 325 g/mol. The standard InChI is InChI=1S/C19H19NO4/c1-23-17-10-7-15(8-11-17)9-12-19(22)24-14-18(21)20-13-16-5-3-2-4-6-16/h2-12H,13-14H2,1H3,(H,20,21)/b12-9+. The molecule has 124 valence electrons. The van der Waals surface area contributed by atoms with Crippen molar-refractivity contribution < 1.29 is 19.1 Å². The minimum Gasteiger partial charge on any atom is -0.497 e. The molecule has 0 aliphatic heterocycles. The SMILES string of the molecule is COc1ccc(/C=C/C(=O)OCC(=O)NCc2ccccc2)cc1. The molecule has 0 aliphatic carbocycles. The topological polar surface area (TPSA) is 64.6 Å². The fraction of sp³-hybridized carbons (Fsp3) is 0.158. The summed E-state index contributed by atoms with van der Waals surface area (Å²) in [5.74, 6) is -0.171. The highest BCUT2D eigenvalue weighted by Crippen LogP contribution is 2.12. The van der Waals surface area contributed by atoms with Crippen LogP contribution in [0.3, 0.4) is 0 Å². The lowest BCUT2D eigenvalue weighted by Crippen LogP contribution is -2.28. The van der Waals surface area contributed by atoms with E-state index in [0.717, 1.165) is 16.9 Å². The van der Waals surface area contributed by atoms with E-state index in [1.165, 1.54) is 6.08 Å². The second kappa shape index (κ2) is 9.15. The predicted octanol–water partition coefficient (Wildman–Crippen LogP) is 2.57. The number of hydrogen-bond donors (Lipinski definition) is 1. The molecule has 0 saturated carbocycles. The molecule has 0 aromatic heterocycles. The molecule has 0 saturated heterocycles. The smallest absolute Gasteiger partial charge is 0.331 e. The van der Waals surface area contributed by atoms with E-state index in [2.05, 4.69) is 5.32 Å². The number of carbonyl (C=O) groups is 2. The van der Waals surface area contributed by atoms with Crippen molar-refractivity contribution >= 4 is 18.0 Å². The Morgan fingerprint density at radius 2 is 1.75 bits per heavy atom. The predicted molar refractivity (Wildman–Crippen MR) is 91.3 cm³/mol. The first-order valence-corrected chi connectivity index (χ1v) is 7.47. The van der Waals surface area contributed by atoms with Crippen molar-refractivity contribution in [2.75, 3.05) is 13.7 Å². The van der Waals surface area contributed by atoms with E-state index in [1.54, 1.807) is 25.3 Å². The lowest BCUT2D eigenvalue weighted by atomic mass is 10.2. The number of rotatable bonds is 7. The normalized spacial score (nSPS) is 10.4. The van der Waals surface area contributed by atoms with Crippen molar-refractivity contribution in [3.63, 3.8) is 0 Å². The Hall–Kier alpha value is -3.08. The molecule has 5 heteroatoms. The van der Waals surface area contributed by atoms with Crippen molar-refractivity contribution in [1.82, 2.24) is 5.32 Å². The molecule has 0 heterocycles. The molecule has 0 radical (unpaired) electrons. The highest BCUT2D eigenvalue weighted by molar-refractivity contribution is 5.89. The average Bonchev–Trinajstić information content (AvgIpc) is 2.64. The number of benzene rings is 2. The fourth-order valence-corrected chi connectivity index (χ4v) is 1.91. The third-order valence-electron chi connectivity index (χ3n) is 3.21. The minimum atomic E-state index is -0.569. The summed E-state index contributed by atoms with van der Waals surface area (Å²) >= 11 is 0. The maximum absolute atomic E-state index is 11.6. The molecule has 0 fully saturated rings. The van der Waals surface area contributed by atoms with Crippen molar-refractivity contribution in [2.24, 2.45) is 0 Å². The molecule has 0 spiro atoms. The first kappa shape index (κ1) is 17.3. The van der Waals surface area contributed by atoms with Crippen LogP contribution in [0.5, 0.6) is 5.75 Å². The fourth-order valence-electron chi connectivity index (χ4n) is 1.91. The molecule has 0 bridgehead atoms. The largest absolute Gasteiger partial charge is 0.497 e. The van der Waals surface area contributed by atoms with Crippen LogP contribution in [0.25, 0.3) is 6.08 Å². The zero-order valence-electron chi connectivity index (χ0n) is 13.4. The summed E-state index contributed by atoms with van der Waals surface area (Å²) in [6.07, 6.45) is 2.90. The lowest BCUT2D eigenvalue weighted by Gasteiger charge is -2.05. The summed E-state index contributed by atoms with van der Waals surface area (Å²) in [6, 6.07) is 16.7. The van der Waals surface area contributed by atoms with Gasteiger partial charge in [0.2, 0.25) is 0 Å². The highest BCUT2D eigenvalue weighted by atomic mass is 16.5. The van der Waals surface area contributed by atoms with Crippen LogP contribution in [-0.4, -0.2) is 25.6 Å². The summed E-state index contributed by atoms with van der Waals surface area (Å²) in [6.45, 7) is 0.0948. The summed E-state index contributed by atoms with van der Waals surface area (Å²) in [7, 11) is 1.59. The van der Waals surface area contributed by atoms with E-state index in [-0.39, 0.29) is 12.5 Å². The van der Waals surface area contributed by atoms with E-state index in [4.69, 9.17) is 9.47 Å². The number of nitrogens with one attached hydrogen (secondary N) is 1. The van der Waals surface area contributed by atoms with Gasteiger partial charge in [0.15, 0.2) is 6.61 Å². The van der Waals surface area contributed by atoms with Gasteiger partial charge in [0, 0.05) is 12.6 Å². The number of esters is 1. The Bertz CT molecular complexity index is 693. The molecule has 1 N–H and O–H groups in total. The van der Waals surface area contributed by atoms with Crippen LogP contribution in [0.2, 0.25) is 0 Å². The first-order valence-electron chi connectivity index (χ1n) is 7.47. The second-order valence-corrected chi connectivity index (χ2v) is 4.98. The van der Waals surface area contributed by atoms with Gasteiger partial charge in [0.05, 0.1) is 7.11 Å². The Morgan fingerprint density at radius 3 is 2.42 bits per heavy atom. The van der Waals surface area contributed by atoms with Gasteiger partial charge in [-0.2, -0.15) is 0 Å². The molecule has 0 unspecified atom stereocenters. The minimum absolute atomic E-state index is 0.307. The van der Waals surface area contributed by atoms with Gasteiger partial charge in [0.25, 0.3) is 5.91 Å². The van der Waals surface area contributed by atoms with E-state index < -0.39 is 5.97 Å². The van der Waals surface area contributed by atoms with Crippen molar-refractivity contribution in [3.8, 4) is 5.75 Å². The van der Waals surface area contributed by atoms with Crippen LogP contribution in [0.4, 0.5) is 0 Å². The van der Waals surface area contributed by atoms with Gasteiger partial charge in [-0.1, -0.05) is 42.5 Å². The third kappa shape index (κ3) is 5.96. The highest BCUT2D eigenvalue weighted by Gasteiger charge is 2.04. The van der Waals surface area contributed by atoms with Gasteiger partial charge < -0.3 is 14.8 Å². The third-order valence-corrected chi connectivity index (χ3v) is 3.21. The first-order chi connectivity index (χ1) is 11.7. The zero-order chi connectivity index (χ0) is 17.2.